The fourth-order valence-electron chi connectivity index (χ4n) is 1.88. The van der Waals surface area contributed by atoms with Crippen LogP contribution in [0.5, 0.6) is 0 Å². The van der Waals surface area contributed by atoms with E-state index in [4.69, 9.17) is 23.2 Å². The number of nitrogens with zero attached hydrogens (tertiary/aromatic N) is 2. The van der Waals surface area contributed by atoms with Crippen molar-refractivity contribution < 1.29 is 0 Å². The Morgan fingerprint density at radius 3 is 2.89 bits per heavy atom. The number of hydrogen-bond donors (Lipinski definition) is 1. The molecule has 0 aliphatic rings. The van der Waals surface area contributed by atoms with Crippen molar-refractivity contribution in [1.29, 1.82) is 0 Å². The van der Waals surface area contributed by atoms with E-state index in [0.717, 1.165) is 30.8 Å². The van der Waals surface area contributed by atoms with E-state index in [1.165, 1.54) is 0 Å². The van der Waals surface area contributed by atoms with Gasteiger partial charge in [-0.3, -0.25) is 4.68 Å². The van der Waals surface area contributed by atoms with Crippen LogP contribution in [0.4, 0.5) is 0 Å². The number of halogens is 2. The molecule has 0 atom stereocenters. The molecule has 0 radical (unpaired) electrons. The first-order chi connectivity index (χ1) is 9.22. The summed E-state index contributed by atoms with van der Waals surface area (Å²) in [6.07, 6.45) is 2.93. The third kappa shape index (κ3) is 3.72. The van der Waals surface area contributed by atoms with E-state index < -0.39 is 0 Å². The Morgan fingerprint density at radius 2 is 2.11 bits per heavy atom. The fourth-order valence-corrected chi connectivity index (χ4v) is 2.26. The van der Waals surface area contributed by atoms with Gasteiger partial charge in [0.2, 0.25) is 0 Å². The molecule has 1 aromatic carbocycles. The molecule has 0 saturated carbocycles. The van der Waals surface area contributed by atoms with Crippen molar-refractivity contribution in [1.82, 2.24) is 15.1 Å². The molecule has 0 aliphatic heterocycles. The number of hydrogen-bond acceptors (Lipinski definition) is 2. The van der Waals surface area contributed by atoms with Gasteiger partial charge < -0.3 is 5.32 Å². The molecule has 0 bridgehead atoms. The molecule has 0 unspecified atom stereocenters. The van der Waals surface area contributed by atoms with Crippen LogP contribution >= 0.6 is 23.2 Å². The number of rotatable bonds is 6. The molecule has 0 fully saturated rings. The molecule has 2 aromatic rings. The molecule has 5 heteroatoms. The summed E-state index contributed by atoms with van der Waals surface area (Å²) in [4.78, 5) is 0. The zero-order chi connectivity index (χ0) is 13.7. The molecule has 1 aromatic heterocycles. The SMILES string of the molecule is CCCNCc1ccnn1Cc1cccc(Cl)c1Cl. The van der Waals surface area contributed by atoms with E-state index in [1.807, 2.05) is 22.9 Å². The summed E-state index contributed by atoms with van der Waals surface area (Å²) in [7, 11) is 0. The highest BCUT2D eigenvalue weighted by molar-refractivity contribution is 6.42. The third-order valence-electron chi connectivity index (χ3n) is 2.89. The van der Waals surface area contributed by atoms with Crippen LogP contribution < -0.4 is 5.32 Å². The largest absolute Gasteiger partial charge is 0.311 e. The second kappa shape index (κ2) is 6.94. The van der Waals surface area contributed by atoms with E-state index >= 15 is 0 Å². The third-order valence-corrected chi connectivity index (χ3v) is 3.75. The fraction of sp³-hybridized carbons (Fsp3) is 0.357. The summed E-state index contributed by atoms with van der Waals surface area (Å²) in [5.41, 5.74) is 2.12. The molecule has 0 amide bonds. The van der Waals surface area contributed by atoms with Crippen LogP contribution in [0, 0.1) is 0 Å². The van der Waals surface area contributed by atoms with Gasteiger partial charge in [-0.25, -0.2) is 0 Å². The van der Waals surface area contributed by atoms with Gasteiger partial charge in [-0.15, -0.1) is 0 Å². The molecule has 3 nitrogen and oxygen atoms in total. The monoisotopic (exact) mass is 297 g/mol. The molecule has 0 spiro atoms. The highest BCUT2D eigenvalue weighted by atomic mass is 35.5. The van der Waals surface area contributed by atoms with Crippen molar-refractivity contribution in [2.24, 2.45) is 0 Å². The summed E-state index contributed by atoms with van der Waals surface area (Å²) in [6, 6.07) is 7.68. The average Bonchev–Trinajstić information content (AvgIpc) is 2.83. The summed E-state index contributed by atoms with van der Waals surface area (Å²) in [6.45, 7) is 4.60. The van der Waals surface area contributed by atoms with E-state index in [0.29, 0.717) is 16.6 Å². The van der Waals surface area contributed by atoms with Crippen LogP contribution in [0.15, 0.2) is 30.5 Å². The van der Waals surface area contributed by atoms with Gasteiger partial charge in [0.05, 0.1) is 22.3 Å². The number of benzene rings is 1. The van der Waals surface area contributed by atoms with E-state index in [-0.39, 0.29) is 0 Å². The lowest BCUT2D eigenvalue weighted by atomic mass is 10.2. The topological polar surface area (TPSA) is 29.9 Å². The first-order valence-electron chi connectivity index (χ1n) is 6.36. The van der Waals surface area contributed by atoms with Crippen LogP contribution in [0.2, 0.25) is 10.0 Å². The Bertz CT molecular complexity index is 537. The van der Waals surface area contributed by atoms with Gasteiger partial charge in [0, 0.05) is 12.7 Å². The Morgan fingerprint density at radius 1 is 1.26 bits per heavy atom. The zero-order valence-electron chi connectivity index (χ0n) is 10.9. The molecule has 19 heavy (non-hydrogen) atoms. The predicted molar refractivity (Wildman–Crippen MR) is 79.8 cm³/mol. The van der Waals surface area contributed by atoms with Crippen molar-refractivity contribution in [3.63, 3.8) is 0 Å². The molecule has 102 valence electrons. The lowest BCUT2D eigenvalue weighted by Crippen LogP contribution is -2.17. The maximum Gasteiger partial charge on any atom is 0.0678 e. The maximum atomic E-state index is 6.20. The van der Waals surface area contributed by atoms with E-state index in [2.05, 4.69) is 17.3 Å². The minimum atomic E-state index is 0.581. The molecular weight excluding hydrogens is 281 g/mol. The Kier molecular flexibility index (Phi) is 5.25. The highest BCUT2D eigenvalue weighted by Crippen LogP contribution is 2.26. The summed E-state index contributed by atoms with van der Waals surface area (Å²) < 4.78 is 1.94. The van der Waals surface area contributed by atoms with E-state index in [9.17, 15) is 0 Å². The predicted octanol–water partition coefficient (Wildman–Crippen LogP) is 3.74. The quantitative estimate of drug-likeness (QED) is 0.823. The second-order valence-electron chi connectivity index (χ2n) is 4.37. The maximum absolute atomic E-state index is 6.20. The molecular formula is C14H17Cl2N3. The lowest BCUT2D eigenvalue weighted by molar-refractivity contribution is 0.592. The summed E-state index contributed by atoms with van der Waals surface area (Å²) in [5.74, 6) is 0. The van der Waals surface area contributed by atoms with Gasteiger partial charge in [0.25, 0.3) is 0 Å². The van der Waals surface area contributed by atoms with Crippen LogP contribution in [0.3, 0.4) is 0 Å². The van der Waals surface area contributed by atoms with Crippen LogP contribution in [0.1, 0.15) is 24.6 Å². The van der Waals surface area contributed by atoms with Gasteiger partial charge in [0.15, 0.2) is 0 Å². The number of nitrogens with one attached hydrogen (secondary N) is 1. The van der Waals surface area contributed by atoms with Gasteiger partial charge in [-0.1, -0.05) is 42.3 Å². The van der Waals surface area contributed by atoms with Crippen molar-refractivity contribution in [3.05, 3.63) is 51.8 Å². The zero-order valence-corrected chi connectivity index (χ0v) is 12.4. The van der Waals surface area contributed by atoms with Crippen molar-refractivity contribution >= 4 is 23.2 Å². The molecule has 0 saturated heterocycles. The first kappa shape index (κ1) is 14.4. The molecule has 1 N–H and O–H groups in total. The minimum absolute atomic E-state index is 0.581. The van der Waals surface area contributed by atoms with Crippen LogP contribution in [-0.4, -0.2) is 16.3 Å². The Balaban J connectivity index is 2.11. The normalized spacial score (nSPS) is 10.9. The first-order valence-corrected chi connectivity index (χ1v) is 7.12. The Labute approximate surface area is 123 Å². The van der Waals surface area contributed by atoms with Crippen molar-refractivity contribution in [2.75, 3.05) is 6.54 Å². The van der Waals surface area contributed by atoms with Crippen molar-refractivity contribution in [3.8, 4) is 0 Å². The average molecular weight is 298 g/mol. The Hall–Kier alpha value is -1.03. The second-order valence-corrected chi connectivity index (χ2v) is 5.16. The standard InChI is InChI=1S/C14H17Cl2N3/c1-2-7-17-9-12-6-8-18-19(12)10-11-4-3-5-13(15)14(11)16/h3-6,8,17H,2,7,9-10H2,1H3. The molecule has 2 rings (SSSR count). The van der Waals surface area contributed by atoms with Crippen LogP contribution in [0.25, 0.3) is 0 Å². The summed E-state index contributed by atoms with van der Waals surface area (Å²) in [5, 5.41) is 8.89. The molecule has 0 aliphatic carbocycles. The number of aromatic nitrogens is 2. The van der Waals surface area contributed by atoms with Gasteiger partial charge in [0.1, 0.15) is 0 Å². The minimum Gasteiger partial charge on any atom is -0.311 e. The summed E-state index contributed by atoms with van der Waals surface area (Å²) >= 11 is 12.2. The smallest absolute Gasteiger partial charge is 0.0678 e. The van der Waals surface area contributed by atoms with E-state index in [1.54, 1.807) is 12.3 Å². The van der Waals surface area contributed by atoms with Crippen molar-refractivity contribution in [2.45, 2.75) is 26.4 Å². The van der Waals surface area contributed by atoms with Gasteiger partial charge in [-0.2, -0.15) is 5.10 Å². The highest BCUT2D eigenvalue weighted by Gasteiger charge is 2.08. The van der Waals surface area contributed by atoms with Gasteiger partial charge in [-0.05, 0) is 30.7 Å². The van der Waals surface area contributed by atoms with Crippen LogP contribution in [-0.2, 0) is 13.1 Å². The molecule has 1 heterocycles. The lowest BCUT2D eigenvalue weighted by Gasteiger charge is -2.10. The van der Waals surface area contributed by atoms with Gasteiger partial charge >= 0.3 is 0 Å².